The second kappa shape index (κ2) is 16.5. The molecule has 5 N–H and O–H groups in total. The van der Waals surface area contributed by atoms with E-state index in [4.69, 9.17) is 4.74 Å². The van der Waals surface area contributed by atoms with Crippen LogP contribution in [0.3, 0.4) is 0 Å². The summed E-state index contributed by atoms with van der Waals surface area (Å²) in [5, 5.41) is 28.7. The first kappa shape index (κ1) is 33.6. The fourth-order valence-corrected chi connectivity index (χ4v) is 4.52. The van der Waals surface area contributed by atoms with Gasteiger partial charge in [-0.15, -0.1) is 0 Å². The van der Waals surface area contributed by atoms with Crippen LogP contribution in [0.5, 0.6) is 0 Å². The lowest BCUT2D eigenvalue weighted by atomic mass is 9.86. The standard InChI is InChI=1S/C28H49N3O7/c1-8-9-10-11-12-13-14-15-21-17(4)24(33)18(5)25(34)30-22(16(2)3)26(35)31-23(20(7)32)27(36)29-19(6)28(37)38-21/h16-18,20-24,32-33H,6,8-15H2,1-5,7H3,(H,29,36)(H,30,34)(H,31,35)/t17-,18+,20-,21-,22-,23-,24+/m0/s1. The highest BCUT2D eigenvalue weighted by atomic mass is 16.5. The molecule has 0 saturated carbocycles. The van der Waals surface area contributed by atoms with Crippen LogP contribution in [0.1, 0.15) is 92.9 Å². The summed E-state index contributed by atoms with van der Waals surface area (Å²) in [6.07, 6.45) is 4.71. The molecule has 1 saturated heterocycles. The number of carbonyl (C=O) groups excluding carboxylic acids is 4. The van der Waals surface area contributed by atoms with Crippen molar-refractivity contribution in [3.05, 3.63) is 12.3 Å². The van der Waals surface area contributed by atoms with Crippen LogP contribution < -0.4 is 16.0 Å². The van der Waals surface area contributed by atoms with Gasteiger partial charge in [0.15, 0.2) is 0 Å². The first-order valence-electron chi connectivity index (χ1n) is 14.0. The van der Waals surface area contributed by atoms with Crippen LogP contribution in [-0.4, -0.2) is 64.3 Å². The van der Waals surface area contributed by atoms with Gasteiger partial charge in [0.25, 0.3) is 0 Å². The predicted molar refractivity (Wildman–Crippen MR) is 144 cm³/mol. The second-order valence-corrected chi connectivity index (χ2v) is 10.9. The van der Waals surface area contributed by atoms with E-state index in [1.54, 1.807) is 27.7 Å². The highest BCUT2D eigenvalue weighted by Crippen LogP contribution is 2.25. The van der Waals surface area contributed by atoms with Gasteiger partial charge >= 0.3 is 5.97 Å². The van der Waals surface area contributed by atoms with Crippen LogP contribution in [-0.2, 0) is 23.9 Å². The van der Waals surface area contributed by atoms with E-state index in [1.165, 1.54) is 26.2 Å². The lowest BCUT2D eigenvalue weighted by Gasteiger charge is -2.32. The molecule has 10 nitrogen and oxygen atoms in total. The van der Waals surface area contributed by atoms with Crippen molar-refractivity contribution in [3.8, 4) is 0 Å². The maximum Gasteiger partial charge on any atom is 0.354 e. The number of hydrogen-bond acceptors (Lipinski definition) is 7. The monoisotopic (exact) mass is 539 g/mol. The minimum Gasteiger partial charge on any atom is -0.457 e. The molecule has 1 aliphatic heterocycles. The Morgan fingerprint density at radius 3 is 1.97 bits per heavy atom. The molecule has 0 bridgehead atoms. The molecule has 1 fully saturated rings. The summed E-state index contributed by atoms with van der Waals surface area (Å²) in [6.45, 7) is 13.8. The number of nitrogens with one attached hydrogen (secondary N) is 3. The number of carbonyl (C=O) groups is 4. The van der Waals surface area contributed by atoms with Crippen molar-refractivity contribution < 1.29 is 34.1 Å². The van der Waals surface area contributed by atoms with Gasteiger partial charge in [-0.1, -0.05) is 79.7 Å². The van der Waals surface area contributed by atoms with E-state index < -0.39 is 65.9 Å². The minimum absolute atomic E-state index is 0.348. The summed E-state index contributed by atoms with van der Waals surface area (Å²) >= 11 is 0. The number of hydrogen-bond donors (Lipinski definition) is 5. The summed E-state index contributed by atoms with van der Waals surface area (Å²) < 4.78 is 5.68. The maximum atomic E-state index is 13.1. The molecule has 1 heterocycles. The summed E-state index contributed by atoms with van der Waals surface area (Å²) in [4.78, 5) is 51.7. The highest BCUT2D eigenvalue weighted by Gasteiger charge is 2.38. The molecule has 0 radical (unpaired) electrons. The number of esters is 1. The quantitative estimate of drug-likeness (QED) is 0.162. The molecule has 0 aliphatic carbocycles. The summed E-state index contributed by atoms with van der Waals surface area (Å²) in [5.41, 5.74) is -0.348. The molecule has 1 aliphatic rings. The van der Waals surface area contributed by atoms with Crippen LogP contribution >= 0.6 is 0 Å². The zero-order valence-corrected chi connectivity index (χ0v) is 23.9. The summed E-state index contributed by atoms with van der Waals surface area (Å²) in [5.74, 6) is -4.81. The molecule has 7 atom stereocenters. The Labute approximate surface area is 227 Å². The van der Waals surface area contributed by atoms with Crippen molar-refractivity contribution in [3.63, 3.8) is 0 Å². The first-order valence-corrected chi connectivity index (χ1v) is 14.0. The summed E-state index contributed by atoms with van der Waals surface area (Å²) in [7, 11) is 0. The normalized spacial score (nSPS) is 29.0. The zero-order valence-electron chi connectivity index (χ0n) is 23.9. The Morgan fingerprint density at radius 2 is 1.42 bits per heavy atom. The van der Waals surface area contributed by atoms with Crippen LogP contribution in [0.25, 0.3) is 0 Å². The Balaban J connectivity index is 3.21. The Hall–Kier alpha value is -2.46. The number of amides is 3. The molecular formula is C28H49N3O7. The van der Waals surface area contributed by atoms with Crippen molar-refractivity contribution >= 4 is 23.7 Å². The fraction of sp³-hybridized carbons (Fsp3) is 0.786. The Bertz CT molecular complexity index is 814. The van der Waals surface area contributed by atoms with Crippen LogP contribution in [0.2, 0.25) is 0 Å². The number of rotatable bonds is 10. The number of aliphatic hydroxyl groups is 2. The molecular weight excluding hydrogens is 490 g/mol. The van der Waals surface area contributed by atoms with Gasteiger partial charge in [-0.25, -0.2) is 4.79 Å². The molecule has 3 amide bonds. The molecule has 38 heavy (non-hydrogen) atoms. The Morgan fingerprint density at radius 1 is 0.868 bits per heavy atom. The molecule has 0 aromatic heterocycles. The van der Waals surface area contributed by atoms with Crippen molar-refractivity contribution in [2.24, 2.45) is 17.8 Å². The van der Waals surface area contributed by atoms with E-state index in [2.05, 4.69) is 29.5 Å². The highest BCUT2D eigenvalue weighted by molar-refractivity contribution is 5.97. The van der Waals surface area contributed by atoms with Crippen LogP contribution in [0.15, 0.2) is 12.3 Å². The molecule has 10 heteroatoms. The molecule has 1 rings (SSSR count). The third-order valence-electron chi connectivity index (χ3n) is 7.23. The van der Waals surface area contributed by atoms with E-state index in [1.807, 2.05) is 0 Å². The second-order valence-electron chi connectivity index (χ2n) is 10.9. The third kappa shape index (κ3) is 10.4. The topological polar surface area (TPSA) is 154 Å². The SMILES string of the molecule is C=C1NC(=O)[C@H]([C@H](C)O)NC(=O)[C@H](C(C)C)NC(=O)[C@H](C)[C@H](O)[C@@H](C)[C@H](CCCCCCCCC)OC1=O. The van der Waals surface area contributed by atoms with Gasteiger partial charge in [0.05, 0.1) is 18.1 Å². The Kier molecular flexibility index (Phi) is 14.6. The van der Waals surface area contributed by atoms with Gasteiger partial charge in [0.1, 0.15) is 23.9 Å². The third-order valence-corrected chi connectivity index (χ3v) is 7.23. The van der Waals surface area contributed by atoms with Crippen LogP contribution in [0, 0.1) is 17.8 Å². The number of ether oxygens (including phenoxy) is 1. The fourth-order valence-electron chi connectivity index (χ4n) is 4.52. The lowest BCUT2D eigenvalue weighted by molar-refractivity contribution is -0.152. The molecule has 218 valence electrons. The summed E-state index contributed by atoms with van der Waals surface area (Å²) in [6, 6.07) is -2.42. The van der Waals surface area contributed by atoms with Crippen molar-refractivity contribution in [2.45, 2.75) is 123 Å². The minimum atomic E-state index is -1.40. The van der Waals surface area contributed by atoms with Gasteiger partial charge in [-0.2, -0.15) is 0 Å². The molecule has 0 spiro atoms. The molecule has 0 unspecified atom stereocenters. The average molecular weight is 540 g/mol. The van der Waals surface area contributed by atoms with E-state index in [-0.39, 0.29) is 11.6 Å². The number of cyclic esters (lactones) is 1. The smallest absolute Gasteiger partial charge is 0.354 e. The van der Waals surface area contributed by atoms with Gasteiger partial charge in [0, 0.05) is 5.92 Å². The number of unbranched alkanes of at least 4 members (excludes halogenated alkanes) is 6. The van der Waals surface area contributed by atoms with E-state index >= 15 is 0 Å². The van der Waals surface area contributed by atoms with Crippen LogP contribution in [0.4, 0.5) is 0 Å². The van der Waals surface area contributed by atoms with E-state index in [0.29, 0.717) is 6.42 Å². The largest absolute Gasteiger partial charge is 0.457 e. The van der Waals surface area contributed by atoms with Crippen molar-refractivity contribution in [2.75, 3.05) is 0 Å². The molecule has 0 aromatic rings. The van der Waals surface area contributed by atoms with Crippen molar-refractivity contribution in [1.29, 1.82) is 0 Å². The maximum absolute atomic E-state index is 13.1. The number of aliphatic hydroxyl groups excluding tert-OH is 2. The van der Waals surface area contributed by atoms with Gasteiger partial charge in [0.2, 0.25) is 17.7 Å². The van der Waals surface area contributed by atoms with E-state index in [0.717, 1.165) is 25.7 Å². The average Bonchev–Trinajstić information content (AvgIpc) is 2.86. The molecule has 0 aromatic carbocycles. The lowest BCUT2D eigenvalue weighted by Crippen LogP contribution is -2.59. The zero-order chi connectivity index (χ0) is 29.0. The predicted octanol–water partition coefficient (Wildman–Crippen LogP) is 2.32. The van der Waals surface area contributed by atoms with E-state index in [9.17, 15) is 29.4 Å². The van der Waals surface area contributed by atoms with Gasteiger partial charge in [-0.3, -0.25) is 14.4 Å². The van der Waals surface area contributed by atoms with Gasteiger partial charge < -0.3 is 30.9 Å². The van der Waals surface area contributed by atoms with Gasteiger partial charge in [-0.05, 0) is 25.7 Å². The van der Waals surface area contributed by atoms with Crippen molar-refractivity contribution in [1.82, 2.24) is 16.0 Å². The first-order chi connectivity index (χ1) is 17.8.